The minimum Gasteiger partial charge on any atom is -0.382 e. The Hall–Kier alpha value is -2.92. The molecule has 178 valence electrons. The highest BCUT2D eigenvalue weighted by atomic mass is 79.9. The second kappa shape index (κ2) is 9.03. The van der Waals surface area contributed by atoms with E-state index in [1.54, 1.807) is 11.8 Å². The van der Waals surface area contributed by atoms with Gasteiger partial charge in [-0.25, -0.2) is 9.50 Å². The van der Waals surface area contributed by atoms with E-state index in [2.05, 4.69) is 48.4 Å². The number of amides is 2. The van der Waals surface area contributed by atoms with E-state index in [4.69, 9.17) is 5.73 Å². The van der Waals surface area contributed by atoms with E-state index >= 15 is 0 Å². The number of halogens is 1. The molecule has 3 aromatic heterocycles. The summed E-state index contributed by atoms with van der Waals surface area (Å²) in [6.45, 7) is 6.22. The fraction of sp³-hybridized carbons (Fsp3) is 0.391. The van der Waals surface area contributed by atoms with E-state index in [0.717, 1.165) is 51.2 Å². The van der Waals surface area contributed by atoms with Crippen LogP contribution in [0.4, 0.5) is 11.5 Å². The van der Waals surface area contributed by atoms with Crippen LogP contribution in [0.2, 0.25) is 0 Å². The normalized spacial score (nSPS) is 18.4. The van der Waals surface area contributed by atoms with Crippen molar-refractivity contribution in [2.75, 3.05) is 36.8 Å². The quantitative estimate of drug-likeness (QED) is 0.523. The van der Waals surface area contributed by atoms with Gasteiger partial charge in [0, 0.05) is 48.5 Å². The van der Waals surface area contributed by atoms with Gasteiger partial charge in [-0.05, 0) is 53.4 Å². The molecule has 11 heteroatoms. The molecule has 5 heterocycles. The second-order valence-corrected chi connectivity index (χ2v) is 10.8. The van der Waals surface area contributed by atoms with Crippen molar-refractivity contribution in [1.29, 1.82) is 0 Å². The van der Waals surface area contributed by atoms with Gasteiger partial charge in [0.1, 0.15) is 11.8 Å². The van der Waals surface area contributed by atoms with Crippen LogP contribution in [0, 0.1) is 6.92 Å². The third-order valence-electron chi connectivity index (χ3n) is 6.43. The Morgan fingerprint density at radius 3 is 2.85 bits per heavy atom. The molecule has 1 fully saturated rings. The lowest BCUT2D eigenvalue weighted by Crippen LogP contribution is -2.47. The number of nitrogens with two attached hydrogens (primary N) is 1. The second-order valence-electron chi connectivity index (χ2n) is 8.72. The van der Waals surface area contributed by atoms with Crippen LogP contribution in [0.1, 0.15) is 40.0 Å². The summed E-state index contributed by atoms with van der Waals surface area (Å²) in [6.07, 6.45) is 5.37. The summed E-state index contributed by atoms with van der Waals surface area (Å²) in [5.74, 6) is 0.406. The van der Waals surface area contributed by atoms with E-state index in [-0.39, 0.29) is 17.9 Å². The van der Waals surface area contributed by atoms with Gasteiger partial charge in [0.25, 0.3) is 5.91 Å². The van der Waals surface area contributed by atoms with Crippen molar-refractivity contribution in [1.82, 2.24) is 24.8 Å². The maximum Gasteiger partial charge on any atom is 0.261 e. The van der Waals surface area contributed by atoms with Crippen LogP contribution in [-0.2, 0) is 4.79 Å². The molecule has 0 radical (unpaired) electrons. The van der Waals surface area contributed by atoms with Crippen molar-refractivity contribution >= 4 is 61.7 Å². The zero-order valence-corrected chi connectivity index (χ0v) is 21.4. The maximum absolute atomic E-state index is 12.8. The smallest absolute Gasteiger partial charge is 0.261 e. The number of aromatic nitrogens is 3. The van der Waals surface area contributed by atoms with Crippen LogP contribution in [-0.4, -0.2) is 63.5 Å². The number of carbonyl (C=O) groups is 2. The van der Waals surface area contributed by atoms with E-state index in [0.29, 0.717) is 30.3 Å². The lowest BCUT2D eigenvalue weighted by molar-refractivity contribution is -0.127. The first-order chi connectivity index (χ1) is 16.3. The standard InChI is InChI=1S/C23H26BrN7O2S/c1-13-17(24)8-20(34-13)23(33)28-16-4-3-6-30(11-16)19-9-18(15-5-7-29(10-15)14(2)32)31-21(19)22(25)26-12-27-31/h5,8-9,12,16H,3-4,6-7,10-11H2,1-2H3,(H,28,33)(H2,25,26,27)/t16-/m1/s1. The van der Waals surface area contributed by atoms with Gasteiger partial charge in [-0.1, -0.05) is 6.08 Å². The highest BCUT2D eigenvalue weighted by Crippen LogP contribution is 2.35. The van der Waals surface area contributed by atoms with Crippen molar-refractivity contribution in [3.8, 4) is 0 Å². The number of anilines is 2. The van der Waals surface area contributed by atoms with Crippen LogP contribution in [0.3, 0.4) is 0 Å². The van der Waals surface area contributed by atoms with E-state index < -0.39 is 0 Å². The van der Waals surface area contributed by atoms with E-state index in [9.17, 15) is 9.59 Å². The molecule has 2 aliphatic rings. The molecule has 3 N–H and O–H groups in total. The third-order valence-corrected chi connectivity index (χ3v) is 8.57. The van der Waals surface area contributed by atoms with Crippen molar-refractivity contribution in [3.05, 3.63) is 44.5 Å². The summed E-state index contributed by atoms with van der Waals surface area (Å²) >= 11 is 4.98. The largest absolute Gasteiger partial charge is 0.382 e. The summed E-state index contributed by atoms with van der Waals surface area (Å²) in [7, 11) is 0. The van der Waals surface area contributed by atoms with Crippen molar-refractivity contribution in [2.24, 2.45) is 0 Å². The molecule has 0 aromatic carbocycles. The predicted molar refractivity (Wildman–Crippen MR) is 137 cm³/mol. The monoisotopic (exact) mass is 543 g/mol. The Labute approximate surface area is 209 Å². The van der Waals surface area contributed by atoms with Gasteiger partial charge in [0.15, 0.2) is 5.82 Å². The Morgan fingerprint density at radius 1 is 1.32 bits per heavy atom. The molecule has 0 spiro atoms. The molecule has 3 aromatic rings. The van der Waals surface area contributed by atoms with Crippen molar-refractivity contribution in [2.45, 2.75) is 32.7 Å². The number of rotatable bonds is 4. The summed E-state index contributed by atoms with van der Waals surface area (Å²) < 4.78 is 2.78. The maximum atomic E-state index is 12.8. The van der Waals surface area contributed by atoms with Crippen molar-refractivity contribution < 1.29 is 9.59 Å². The molecule has 0 aliphatic carbocycles. The number of aryl methyl sites for hydroxylation is 1. The first kappa shape index (κ1) is 22.9. The lowest BCUT2D eigenvalue weighted by Gasteiger charge is -2.34. The van der Waals surface area contributed by atoms with Gasteiger partial charge < -0.3 is 20.9 Å². The first-order valence-electron chi connectivity index (χ1n) is 11.2. The van der Waals surface area contributed by atoms with Gasteiger partial charge >= 0.3 is 0 Å². The fourth-order valence-electron chi connectivity index (χ4n) is 4.64. The summed E-state index contributed by atoms with van der Waals surface area (Å²) in [6, 6.07) is 3.98. The number of thiophene rings is 1. The molecular weight excluding hydrogens is 518 g/mol. The number of hydrogen-bond donors (Lipinski definition) is 2. The molecule has 0 unspecified atom stereocenters. The van der Waals surface area contributed by atoms with Gasteiger partial charge in [-0.2, -0.15) is 5.10 Å². The number of hydrogen-bond acceptors (Lipinski definition) is 7. The topological polar surface area (TPSA) is 109 Å². The SMILES string of the molecule is CC(=O)N1CC=C(c2cc(N3CCC[C@@H](NC(=O)c4cc(Br)c(C)s4)C3)c3c(N)ncnn23)C1. The Kier molecular flexibility index (Phi) is 6.07. The molecular formula is C23H26BrN7O2S. The number of piperidine rings is 1. The van der Waals surface area contributed by atoms with Crippen LogP contribution in [0.5, 0.6) is 0 Å². The molecule has 1 atom stereocenters. The zero-order chi connectivity index (χ0) is 24.0. The van der Waals surface area contributed by atoms with Crippen molar-refractivity contribution in [3.63, 3.8) is 0 Å². The van der Waals surface area contributed by atoms with E-state index in [1.807, 2.05) is 17.5 Å². The Bertz CT molecular complexity index is 1290. The summed E-state index contributed by atoms with van der Waals surface area (Å²) in [4.78, 5) is 34.7. The Morgan fingerprint density at radius 2 is 2.15 bits per heavy atom. The molecule has 1 saturated heterocycles. The Balaban J connectivity index is 1.41. The van der Waals surface area contributed by atoms with Crippen LogP contribution >= 0.6 is 27.3 Å². The lowest BCUT2D eigenvalue weighted by atomic mass is 10.0. The predicted octanol–water partition coefficient (Wildman–Crippen LogP) is 3.09. The molecule has 2 aliphatic heterocycles. The number of carbonyl (C=O) groups excluding carboxylic acids is 2. The first-order valence-corrected chi connectivity index (χ1v) is 12.8. The van der Waals surface area contributed by atoms with Gasteiger partial charge in [0.05, 0.1) is 16.3 Å². The van der Waals surface area contributed by atoms with Crippen LogP contribution in [0.25, 0.3) is 11.1 Å². The molecule has 0 bridgehead atoms. The highest BCUT2D eigenvalue weighted by molar-refractivity contribution is 9.10. The summed E-state index contributed by atoms with van der Waals surface area (Å²) in [5, 5.41) is 7.67. The summed E-state index contributed by atoms with van der Waals surface area (Å²) in [5.41, 5.74) is 9.95. The zero-order valence-electron chi connectivity index (χ0n) is 19.0. The highest BCUT2D eigenvalue weighted by Gasteiger charge is 2.28. The molecule has 34 heavy (non-hydrogen) atoms. The molecule has 0 saturated carbocycles. The fourth-order valence-corrected chi connectivity index (χ4v) is 6.08. The van der Waals surface area contributed by atoms with Gasteiger partial charge in [-0.3, -0.25) is 9.59 Å². The third kappa shape index (κ3) is 4.18. The number of nitrogen functional groups attached to an aromatic ring is 1. The average Bonchev–Trinajstić information content (AvgIpc) is 3.52. The average molecular weight is 544 g/mol. The number of nitrogens with zero attached hydrogens (tertiary/aromatic N) is 5. The molecule has 9 nitrogen and oxygen atoms in total. The minimum atomic E-state index is -0.0450. The van der Waals surface area contributed by atoms with Gasteiger partial charge in [0.2, 0.25) is 5.91 Å². The number of nitrogens with one attached hydrogen (secondary N) is 1. The van der Waals surface area contributed by atoms with Gasteiger partial charge in [-0.15, -0.1) is 11.3 Å². The van der Waals surface area contributed by atoms with Crippen LogP contribution < -0.4 is 16.0 Å². The molecule has 2 amide bonds. The molecule has 5 rings (SSSR count). The minimum absolute atomic E-state index is 0.0191. The number of fused-ring (bicyclic) bond motifs is 1. The van der Waals surface area contributed by atoms with E-state index in [1.165, 1.54) is 17.7 Å². The van der Waals surface area contributed by atoms with Crippen LogP contribution in [0.15, 0.2) is 29.0 Å².